The molecule has 8 aromatic rings. The Labute approximate surface area is 248 Å². The zero-order valence-electron chi connectivity index (χ0n) is 24.6. The molecule has 0 N–H and O–H groups in total. The molecule has 0 saturated heterocycles. The maximum absolute atomic E-state index is 6.00. The molecule has 6 aromatic heterocycles. The molecule has 2 aromatic carbocycles. The first-order valence-corrected chi connectivity index (χ1v) is 14.5. The molecular weight excluding hydrogens is 532 g/mol. The lowest BCUT2D eigenvalue weighted by Crippen LogP contribution is -2.32. The van der Waals surface area contributed by atoms with Gasteiger partial charge in [-0.05, 0) is 85.6 Å². The molecule has 0 aliphatic rings. The smallest absolute Gasteiger partial charge is 0.227 e. The number of hydrogen-bond donors (Lipinski definition) is 0. The summed E-state index contributed by atoms with van der Waals surface area (Å²) in [6.07, 6.45) is 8.85. The Kier molecular flexibility index (Phi) is 5.66. The van der Waals surface area contributed by atoms with Gasteiger partial charge >= 0.3 is 0 Å². The second-order valence-corrected chi connectivity index (χ2v) is 11.5. The topological polar surface area (TPSA) is 59.8 Å². The van der Waals surface area contributed by atoms with Crippen LogP contribution in [0.1, 0.15) is 22.3 Å². The van der Waals surface area contributed by atoms with E-state index in [1.807, 2.05) is 12.1 Å². The summed E-state index contributed by atoms with van der Waals surface area (Å²) < 4.78 is 16.4. The van der Waals surface area contributed by atoms with Crippen LogP contribution in [0, 0.1) is 13.8 Å². The van der Waals surface area contributed by atoms with Gasteiger partial charge in [-0.25, -0.2) is 19.1 Å². The molecule has 6 heteroatoms. The summed E-state index contributed by atoms with van der Waals surface area (Å²) in [6, 6.07) is 25.7. The van der Waals surface area contributed by atoms with Gasteiger partial charge in [0.15, 0.2) is 12.4 Å². The van der Waals surface area contributed by atoms with Crippen LogP contribution < -0.4 is 9.13 Å². The normalized spacial score (nSPS) is 11.8. The Morgan fingerprint density at radius 1 is 0.581 bits per heavy atom. The van der Waals surface area contributed by atoms with Crippen LogP contribution in [0.3, 0.4) is 0 Å². The predicted octanol–water partition coefficient (Wildman–Crippen LogP) is 7.47. The fourth-order valence-corrected chi connectivity index (χ4v) is 6.40. The summed E-state index contributed by atoms with van der Waals surface area (Å²) >= 11 is 0. The number of fused-ring (bicyclic) bond motifs is 6. The van der Waals surface area contributed by atoms with Crippen LogP contribution in [0.4, 0.5) is 0 Å². The number of nitrogens with zero attached hydrogens (tertiary/aromatic N) is 4. The average Bonchev–Trinajstić information content (AvgIpc) is 3.54. The molecule has 0 amide bonds. The van der Waals surface area contributed by atoms with Gasteiger partial charge in [0.25, 0.3) is 0 Å². The molecule has 0 aliphatic carbocycles. The second kappa shape index (κ2) is 9.60. The number of rotatable bonds is 4. The van der Waals surface area contributed by atoms with Crippen LogP contribution in [-0.4, -0.2) is 9.97 Å². The summed E-state index contributed by atoms with van der Waals surface area (Å²) in [7, 11) is 4.24. The molecule has 0 atom stereocenters. The van der Waals surface area contributed by atoms with Crippen molar-refractivity contribution in [2.75, 3.05) is 0 Å². The van der Waals surface area contributed by atoms with Crippen LogP contribution in [-0.2, 0) is 20.5 Å². The molecule has 0 aliphatic heterocycles. The molecule has 0 saturated carbocycles. The third-order valence-electron chi connectivity index (χ3n) is 8.54. The number of benzene rings is 2. The van der Waals surface area contributed by atoms with E-state index in [0.29, 0.717) is 11.4 Å². The molecule has 0 spiro atoms. The number of pyridine rings is 4. The maximum Gasteiger partial charge on any atom is 0.227 e. The van der Waals surface area contributed by atoms with Gasteiger partial charge in [0.1, 0.15) is 25.3 Å². The number of furan rings is 2. The lowest BCUT2D eigenvalue weighted by molar-refractivity contribution is -0.661. The van der Waals surface area contributed by atoms with Crippen molar-refractivity contribution in [2.45, 2.75) is 20.3 Å². The fourth-order valence-electron chi connectivity index (χ4n) is 6.40. The van der Waals surface area contributed by atoms with E-state index in [-0.39, 0.29) is 0 Å². The SMILES string of the molecule is Cc1cc2oc3ncccc3c2cc1-c1ccc(Cc2ccc(-c3cc4c(cc3C)oc3ncccc34)[n+](C)c2)c[n+]1C. The van der Waals surface area contributed by atoms with Crippen LogP contribution in [0.2, 0.25) is 0 Å². The Bertz CT molecular complexity index is 2210. The molecule has 6 heterocycles. The highest BCUT2D eigenvalue weighted by molar-refractivity contribution is 6.06. The van der Waals surface area contributed by atoms with Gasteiger partial charge in [0.2, 0.25) is 22.8 Å². The van der Waals surface area contributed by atoms with Gasteiger partial charge in [-0.1, -0.05) is 0 Å². The van der Waals surface area contributed by atoms with Crippen LogP contribution in [0.25, 0.3) is 66.7 Å². The summed E-state index contributed by atoms with van der Waals surface area (Å²) in [6.45, 7) is 4.27. The molecule has 208 valence electrons. The maximum atomic E-state index is 6.00. The molecule has 0 bridgehead atoms. The second-order valence-electron chi connectivity index (χ2n) is 11.5. The third kappa shape index (κ3) is 4.17. The number of aromatic nitrogens is 4. The van der Waals surface area contributed by atoms with Crippen molar-refractivity contribution in [3.8, 4) is 22.5 Å². The first kappa shape index (κ1) is 25.4. The minimum Gasteiger partial charge on any atom is -0.438 e. The van der Waals surface area contributed by atoms with Crippen LogP contribution in [0.5, 0.6) is 0 Å². The summed E-state index contributed by atoms with van der Waals surface area (Å²) in [5, 5.41) is 4.26. The summed E-state index contributed by atoms with van der Waals surface area (Å²) in [4.78, 5) is 8.79. The van der Waals surface area contributed by atoms with Crippen LogP contribution >= 0.6 is 0 Å². The first-order valence-electron chi connectivity index (χ1n) is 14.5. The van der Waals surface area contributed by atoms with E-state index in [2.05, 4.69) is 120 Å². The summed E-state index contributed by atoms with van der Waals surface area (Å²) in [5.74, 6) is 0. The molecule has 0 radical (unpaired) electrons. The van der Waals surface area contributed by atoms with Crippen molar-refractivity contribution in [3.63, 3.8) is 0 Å². The zero-order valence-corrected chi connectivity index (χ0v) is 24.6. The lowest BCUT2D eigenvalue weighted by atomic mass is 9.99. The Morgan fingerprint density at radius 3 is 1.49 bits per heavy atom. The van der Waals surface area contributed by atoms with E-state index in [0.717, 1.165) is 50.5 Å². The summed E-state index contributed by atoms with van der Waals surface area (Å²) in [5.41, 5.74) is 12.7. The van der Waals surface area contributed by atoms with Gasteiger partial charge < -0.3 is 8.83 Å². The predicted molar refractivity (Wildman–Crippen MR) is 169 cm³/mol. The number of aryl methyl sites for hydroxylation is 4. The van der Waals surface area contributed by atoms with Crippen molar-refractivity contribution in [2.24, 2.45) is 14.1 Å². The van der Waals surface area contributed by atoms with E-state index in [4.69, 9.17) is 8.83 Å². The quantitative estimate of drug-likeness (QED) is 0.209. The Hall–Kier alpha value is -5.36. The highest BCUT2D eigenvalue weighted by atomic mass is 16.3. The molecule has 6 nitrogen and oxygen atoms in total. The monoisotopic (exact) mass is 562 g/mol. The molecule has 43 heavy (non-hydrogen) atoms. The van der Waals surface area contributed by atoms with Gasteiger partial charge in [0, 0.05) is 74.7 Å². The van der Waals surface area contributed by atoms with E-state index in [1.165, 1.54) is 33.4 Å². The highest BCUT2D eigenvalue weighted by Crippen LogP contribution is 2.34. The fraction of sp³-hybridized carbons (Fsp3) is 0.135. The van der Waals surface area contributed by atoms with Gasteiger partial charge in [-0.2, -0.15) is 0 Å². The van der Waals surface area contributed by atoms with Gasteiger partial charge in [-0.15, -0.1) is 0 Å². The molecule has 0 unspecified atom stereocenters. The minimum absolute atomic E-state index is 0.677. The van der Waals surface area contributed by atoms with Crippen LogP contribution in [0.15, 0.2) is 106 Å². The largest absolute Gasteiger partial charge is 0.438 e. The van der Waals surface area contributed by atoms with E-state index < -0.39 is 0 Å². The lowest BCUT2D eigenvalue weighted by Gasteiger charge is -2.08. The van der Waals surface area contributed by atoms with Gasteiger partial charge in [-0.3, -0.25) is 0 Å². The van der Waals surface area contributed by atoms with E-state index >= 15 is 0 Å². The Morgan fingerprint density at radius 2 is 1.05 bits per heavy atom. The van der Waals surface area contributed by atoms with Crippen molar-refractivity contribution in [3.05, 3.63) is 120 Å². The average molecular weight is 563 g/mol. The highest BCUT2D eigenvalue weighted by Gasteiger charge is 2.20. The number of hydrogen-bond acceptors (Lipinski definition) is 4. The van der Waals surface area contributed by atoms with Crippen molar-refractivity contribution < 1.29 is 18.0 Å². The molecule has 8 rings (SSSR count). The standard InChI is InChI=1S/C37H30N4O2/c1-22-15-34-30(26-7-5-13-38-36(26)42-34)18-28(22)32-11-9-24(20-40(32)3)17-25-10-12-33(41(4)21-25)29-19-31-27-8-6-14-39-37(27)43-35(31)16-23(29)2/h5-16,18-21H,17H2,1-4H3/q+2. The molecule has 0 fully saturated rings. The van der Waals surface area contributed by atoms with E-state index in [9.17, 15) is 0 Å². The Balaban J connectivity index is 1.10. The van der Waals surface area contributed by atoms with Crippen molar-refractivity contribution >= 4 is 44.1 Å². The minimum atomic E-state index is 0.677. The van der Waals surface area contributed by atoms with Crippen molar-refractivity contribution in [1.29, 1.82) is 0 Å². The van der Waals surface area contributed by atoms with Crippen molar-refractivity contribution in [1.82, 2.24) is 9.97 Å². The van der Waals surface area contributed by atoms with Gasteiger partial charge in [0.05, 0.1) is 0 Å². The van der Waals surface area contributed by atoms with E-state index in [1.54, 1.807) is 12.4 Å². The first-order chi connectivity index (χ1) is 20.9. The third-order valence-corrected chi connectivity index (χ3v) is 8.54. The zero-order chi connectivity index (χ0) is 29.2. The molecular formula is C37H30N4O2+2.